The molecule has 4 aliphatic heterocycles. The number of carbonyl (C=O) groups is 2. The molecule has 2 saturated heterocycles. The van der Waals surface area contributed by atoms with Crippen LogP contribution in [-0.4, -0.2) is 135 Å². The number of rotatable bonds is 10. The first-order valence-electron chi connectivity index (χ1n) is 20.0. The summed E-state index contributed by atoms with van der Waals surface area (Å²) in [5, 5.41) is 59.2. The number of nitrogens with one attached hydrogen (secondary N) is 2. The number of hydrogen-bond acceptors (Lipinski definition) is 19. The number of phosphoric acid groups is 3. The molecule has 0 bridgehead atoms. The van der Waals surface area contributed by atoms with E-state index in [1.54, 1.807) is 47.2 Å². The van der Waals surface area contributed by atoms with Crippen LogP contribution in [-0.2, 0) is 36.3 Å². The van der Waals surface area contributed by atoms with Crippen molar-refractivity contribution in [3.63, 3.8) is 0 Å². The quantitative estimate of drug-likeness (QED) is 0.0870. The minimum Gasteiger partial charge on any atom is -0.394 e. The molecule has 27 nitrogen and oxygen atoms in total. The highest BCUT2D eigenvalue weighted by Crippen LogP contribution is 2.66. The maximum Gasteiger partial charge on any atom is 0.490 e. The molecule has 11 N–H and O–H groups in total. The standard InChI is InChI=1S/C19H21N4O14P3.C19H18N4O5/c1-19(26)14(24)12(7-34-39(30,31)37-40(32,33)36-38(27,28)29)35-18(19)23-6-11-9-4-2-3-5-10(9)17(25)22-15-13(11)16(23)21-8-20-15;1-19(27)14(25)12(7-24)28-18(19)23-6-11-9-4-2-3-5-10(9)17(26)22-15-13(11)16(23)21-8-20-15/h2-6,8,12,14,18,24,26H,7H2,1H3,(H,30,31)(H,32,33)(H2,27,28,29)(H,20,21,22,25);2-6,8,12,14,18,24-25,27H,7H2,1H3,(H,20,21,22,26)/t2*12-,14-,18-,19-/m11/s1. The monoisotopic (exact) mass is 1000 g/mol. The molecule has 0 saturated carbocycles. The van der Waals surface area contributed by atoms with Crippen molar-refractivity contribution >= 4 is 69.0 Å². The number of phosphoric ester groups is 1. The average molecular weight is 1000 g/mol. The van der Waals surface area contributed by atoms with E-state index in [2.05, 4.69) is 43.7 Å². The summed E-state index contributed by atoms with van der Waals surface area (Å²) >= 11 is 0. The number of amides is 2. The van der Waals surface area contributed by atoms with Crippen molar-refractivity contribution < 1.29 is 91.0 Å². The maximum absolute atomic E-state index is 12.7. The van der Waals surface area contributed by atoms with Gasteiger partial charge in [-0.15, -0.1) is 0 Å². The summed E-state index contributed by atoms with van der Waals surface area (Å²) in [6.45, 7) is 1.23. The second-order valence-electron chi connectivity index (χ2n) is 16.2. The molecule has 4 aliphatic rings. The lowest BCUT2D eigenvalue weighted by Gasteiger charge is -2.27. The first kappa shape index (κ1) is 47.8. The van der Waals surface area contributed by atoms with E-state index in [-0.39, 0.29) is 17.4 Å². The van der Waals surface area contributed by atoms with Crippen LogP contribution in [0, 0.1) is 0 Å². The molecule has 2 fully saturated rings. The summed E-state index contributed by atoms with van der Waals surface area (Å²) in [6.07, 6.45) is -2.14. The fourth-order valence-electron chi connectivity index (χ4n) is 8.55. The van der Waals surface area contributed by atoms with E-state index in [0.29, 0.717) is 55.6 Å². The number of ether oxygens (including phenoxy) is 2. The SMILES string of the molecule is C[C@@]1(O)[C@H](O)[C@@H](CO)O[C@H]1n1cc2c3c(ncnc31)NC(=O)c1ccccc1-2.C[C@@]1(O)[C@H](O)[C@@H](COP(=O)(O)OP(=O)(O)OP(=O)(O)O)O[C@H]1n1cc2c3c(ncnc31)NC(=O)c1ccccc1-2. The second-order valence-corrected chi connectivity index (χ2v) is 20.6. The van der Waals surface area contributed by atoms with Gasteiger partial charge in [0.05, 0.1) is 24.0 Å². The van der Waals surface area contributed by atoms with E-state index in [1.165, 1.54) is 37.3 Å². The number of nitrogens with zero attached hydrogens (tertiary/aromatic N) is 6. The van der Waals surface area contributed by atoms with Gasteiger partial charge in [0.15, 0.2) is 12.5 Å². The van der Waals surface area contributed by atoms with Crippen LogP contribution < -0.4 is 10.6 Å². The van der Waals surface area contributed by atoms with E-state index in [1.807, 2.05) is 12.1 Å². The van der Waals surface area contributed by atoms with Crippen LogP contribution in [0.25, 0.3) is 44.3 Å². The van der Waals surface area contributed by atoms with Crippen LogP contribution >= 0.6 is 23.5 Å². The normalized spacial score (nSPS) is 28.0. The molecule has 4 aromatic heterocycles. The number of fused-ring (bicyclic) bond motifs is 4. The van der Waals surface area contributed by atoms with Gasteiger partial charge in [-0.3, -0.25) is 14.1 Å². The number of anilines is 2. The van der Waals surface area contributed by atoms with Gasteiger partial charge in [-0.25, -0.2) is 33.6 Å². The minimum absolute atomic E-state index is 0.183. The lowest BCUT2D eigenvalue weighted by atomic mass is 9.96. The zero-order chi connectivity index (χ0) is 48.9. The van der Waals surface area contributed by atoms with Gasteiger partial charge in [0.25, 0.3) is 11.8 Å². The molecule has 2 amide bonds. The third-order valence-electron chi connectivity index (χ3n) is 11.6. The topological polar surface area (TPSA) is 399 Å². The Bertz CT molecular complexity index is 3180. The van der Waals surface area contributed by atoms with Gasteiger partial charge in [0, 0.05) is 34.6 Å². The first-order chi connectivity index (χ1) is 31.9. The van der Waals surface area contributed by atoms with Crippen molar-refractivity contribution in [3.05, 3.63) is 84.7 Å². The zero-order valence-electron chi connectivity index (χ0n) is 34.9. The van der Waals surface area contributed by atoms with Crippen LogP contribution in [0.15, 0.2) is 73.6 Å². The molecule has 360 valence electrons. The van der Waals surface area contributed by atoms with E-state index in [4.69, 9.17) is 19.3 Å². The fraction of sp³-hybridized carbons (Fsp3) is 0.316. The van der Waals surface area contributed by atoms with Crippen LogP contribution in [0.4, 0.5) is 11.6 Å². The van der Waals surface area contributed by atoms with E-state index in [9.17, 15) is 58.6 Å². The highest BCUT2D eigenvalue weighted by Gasteiger charge is 2.55. The Hall–Kier alpha value is -5.25. The molecule has 10 atom stereocenters. The maximum atomic E-state index is 12.7. The van der Waals surface area contributed by atoms with Gasteiger partial charge < -0.3 is 74.3 Å². The van der Waals surface area contributed by atoms with Crippen molar-refractivity contribution in [2.24, 2.45) is 0 Å². The lowest BCUT2D eigenvalue weighted by molar-refractivity contribution is -0.0948. The molecular formula is C38H39N8O19P3. The summed E-state index contributed by atoms with van der Waals surface area (Å²) in [4.78, 5) is 78.6. The van der Waals surface area contributed by atoms with Crippen LogP contribution in [0.1, 0.15) is 47.0 Å². The predicted octanol–water partition coefficient (Wildman–Crippen LogP) is 1.68. The predicted molar refractivity (Wildman–Crippen MR) is 230 cm³/mol. The van der Waals surface area contributed by atoms with Gasteiger partial charge in [-0.1, -0.05) is 36.4 Å². The molecule has 30 heteroatoms. The van der Waals surface area contributed by atoms with Crippen LogP contribution in [0.5, 0.6) is 0 Å². The second kappa shape index (κ2) is 17.0. The Kier molecular flexibility index (Phi) is 12.0. The number of aromatic nitrogens is 6. The Morgan fingerprint density at radius 1 is 0.647 bits per heavy atom. The van der Waals surface area contributed by atoms with Crippen molar-refractivity contribution in [3.8, 4) is 22.3 Å². The molecule has 68 heavy (non-hydrogen) atoms. The van der Waals surface area contributed by atoms with E-state index < -0.39 is 90.7 Å². The Labute approximate surface area is 381 Å². The van der Waals surface area contributed by atoms with Crippen molar-refractivity contribution in [1.29, 1.82) is 0 Å². The number of carbonyl (C=O) groups excluding carboxylic acids is 2. The molecule has 2 unspecified atom stereocenters. The average Bonchev–Trinajstić information content (AvgIpc) is 3.92. The largest absolute Gasteiger partial charge is 0.490 e. The van der Waals surface area contributed by atoms with Gasteiger partial charge in [0.2, 0.25) is 0 Å². The van der Waals surface area contributed by atoms with Gasteiger partial charge in [-0.05, 0) is 37.1 Å². The molecule has 6 aromatic rings. The highest BCUT2D eigenvalue weighted by atomic mass is 31.3. The Balaban J connectivity index is 0.000000180. The van der Waals surface area contributed by atoms with Crippen molar-refractivity contribution in [1.82, 2.24) is 29.1 Å². The van der Waals surface area contributed by atoms with Crippen LogP contribution in [0.3, 0.4) is 0 Å². The minimum atomic E-state index is -5.76. The summed E-state index contributed by atoms with van der Waals surface area (Å²) < 4.78 is 60.9. The fourth-order valence-corrected chi connectivity index (χ4v) is 11.6. The lowest BCUT2D eigenvalue weighted by Crippen LogP contribution is -2.44. The third kappa shape index (κ3) is 8.39. The molecule has 0 aliphatic carbocycles. The summed E-state index contributed by atoms with van der Waals surface area (Å²) in [7, 11) is -16.9. The highest BCUT2D eigenvalue weighted by molar-refractivity contribution is 7.66. The zero-order valence-corrected chi connectivity index (χ0v) is 37.6. The van der Waals surface area contributed by atoms with Gasteiger partial charge in [-0.2, -0.15) is 8.62 Å². The third-order valence-corrected chi connectivity index (χ3v) is 15.4. The van der Waals surface area contributed by atoms with Crippen molar-refractivity contribution in [2.75, 3.05) is 23.8 Å². The van der Waals surface area contributed by atoms with Crippen LogP contribution in [0.2, 0.25) is 0 Å². The number of aliphatic hydroxyl groups is 5. The van der Waals surface area contributed by atoms with Gasteiger partial charge >= 0.3 is 23.5 Å². The van der Waals surface area contributed by atoms with Crippen molar-refractivity contribution in [2.45, 2.75) is 61.9 Å². The number of hydrogen-bond donors (Lipinski definition) is 11. The Morgan fingerprint density at radius 2 is 1.07 bits per heavy atom. The van der Waals surface area contributed by atoms with E-state index >= 15 is 0 Å². The molecule has 0 radical (unpaired) electrons. The number of aliphatic hydroxyl groups excluding tert-OH is 3. The Morgan fingerprint density at radius 3 is 1.50 bits per heavy atom. The molecule has 10 rings (SSSR count). The summed E-state index contributed by atoms with van der Waals surface area (Å²) in [5.41, 5.74) is 0.176. The summed E-state index contributed by atoms with van der Waals surface area (Å²) in [6, 6.07) is 13.9. The van der Waals surface area contributed by atoms with E-state index in [0.717, 1.165) is 0 Å². The first-order valence-corrected chi connectivity index (χ1v) is 24.5. The smallest absolute Gasteiger partial charge is 0.394 e. The van der Waals surface area contributed by atoms with Gasteiger partial charge in [0.1, 0.15) is 71.2 Å². The molecule has 2 aromatic carbocycles. The molecule has 8 heterocycles. The number of benzene rings is 2. The molecule has 0 spiro atoms. The molecular weight excluding hydrogens is 965 g/mol. The summed E-state index contributed by atoms with van der Waals surface area (Å²) in [5.74, 6) is -0.123.